The lowest BCUT2D eigenvalue weighted by atomic mass is 10.1. The van der Waals surface area contributed by atoms with Crippen molar-refractivity contribution in [2.75, 3.05) is 10.0 Å². The second kappa shape index (κ2) is 9.38. The maximum Gasteiger partial charge on any atom is 0.416 e. The Bertz CT molecular complexity index is 1390. The van der Waals surface area contributed by atoms with Gasteiger partial charge in [0.25, 0.3) is 27.3 Å². The lowest BCUT2D eigenvalue weighted by Gasteiger charge is -2.12. The van der Waals surface area contributed by atoms with Crippen LogP contribution in [0, 0.1) is 20.2 Å². The van der Waals surface area contributed by atoms with Gasteiger partial charge in [0.15, 0.2) is 0 Å². The van der Waals surface area contributed by atoms with E-state index in [0.29, 0.717) is 12.1 Å². The zero-order valence-corrected chi connectivity index (χ0v) is 18.0. The average Bonchev–Trinajstić information content (AvgIpc) is 2.78. The summed E-state index contributed by atoms with van der Waals surface area (Å²) in [6.45, 7) is 0. The van der Waals surface area contributed by atoms with E-state index in [1.165, 1.54) is 0 Å². The van der Waals surface area contributed by atoms with Gasteiger partial charge in [-0.1, -0.05) is 6.07 Å². The van der Waals surface area contributed by atoms with Crippen molar-refractivity contribution in [2.24, 2.45) is 0 Å². The number of benzene rings is 3. The minimum Gasteiger partial charge on any atom is -0.322 e. The Morgan fingerprint density at radius 1 is 0.829 bits per heavy atom. The van der Waals surface area contributed by atoms with Gasteiger partial charge < -0.3 is 5.32 Å². The number of hydrogen-bond donors (Lipinski definition) is 2. The van der Waals surface area contributed by atoms with E-state index in [1.807, 2.05) is 4.72 Å². The van der Waals surface area contributed by atoms with Gasteiger partial charge in [-0.25, -0.2) is 8.42 Å². The standard InChI is InChI=1S/C20H13F3N4O7S/c21-20(22,23)13-2-1-3-15(10-13)25-35(33,34)18-6-4-14(5-7-18)24-19(28)12-8-16(26(29)30)11-17(9-12)27(31)32/h1-11,25H,(H,24,28). The van der Waals surface area contributed by atoms with E-state index in [9.17, 15) is 46.6 Å². The van der Waals surface area contributed by atoms with Crippen molar-refractivity contribution in [3.63, 3.8) is 0 Å². The van der Waals surface area contributed by atoms with Crippen LogP contribution in [-0.4, -0.2) is 24.2 Å². The van der Waals surface area contributed by atoms with Crippen LogP contribution in [0.4, 0.5) is 35.9 Å². The number of non-ortho nitro benzene ring substituents is 2. The molecule has 15 heteroatoms. The highest BCUT2D eigenvalue weighted by Crippen LogP contribution is 2.31. The molecular weight excluding hydrogens is 497 g/mol. The summed E-state index contributed by atoms with van der Waals surface area (Å²) < 4.78 is 65.6. The summed E-state index contributed by atoms with van der Waals surface area (Å²) in [6.07, 6.45) is -4.67. The highest BCUT2D eigenvalue weighted by Gasteiger charge is 2.30. The molecule has 3 aromatic rings. The minimum atomic E-state index is -4.67. The van der Waals surface area contributed by atoms with E-state index >= 15 is 0 Å². The third kappa shape index (κ3) is 6.08. The van der Waals surface area contributed by atoms with Crippen molar-refractivity contribution >= 4 is 38.7 Å². The Kier molecular flexibility index (Phi) is 6.72. The fourth-order valence-corrected chi connectivity index (χ4v) is 3.88. The number of amides is 1. The van der Waals surface area contributed by atoms with Crippen LogP contribution in [0.1, 0.15) is 15.9 Å². The van der Waals surface area contributed by atoms with Gasteiger partial charge in [0, 0.05) is 23.5 Å². The van der Waals surface area contributed by atoms with Crippen LogP contribution in [0.3, 0.4) is 0 Å². The number of anilines is 2. The number of nitrogens with zero attached hydrogens (tertiary/aromatic N) is 2. The number of rotatable bonds is 7. The molecule has 0 aromatic heterocycles. The van der Waals surface area contributed by atoms with E-state index in [2.05, 4.69) is 5.32 Å². The van der Waals surface area contributed by atoms with Crippen molar-refractivity contribution in [1.29, 1.82) is 0 Å². The number of nitro groups is 2. The number of carbonyl (C=O) groups excluding carboxylic acids is 1. The fourth-order valence-electron chi connectivity index (χ4n) is 2.83. The van der Waals surface area contributed by atoms with E-state index in [0.717, 1.165) is 54.6 Å². The number of sulfonamides is 1. The lowest BCUT2D eigenvalue weighted by molar-refractivity contribution is -0.394. The predicted octanol–water partition coefficient (Wildman–Crippen LogP) is 4.57. The number of alkyl halides is 3. The van der Waals surface area contributed by atoms with Gasteiger partial charge in [-0.3, -0.25) is 29.7 Å². The van der Waals surface area contributed by atoms with Crippen LogP contribution in [0.2, 0.25) is 0 Å². The number of nitrogens with one attached hydrogen (secondary N) is 2. The van der Waals surface area contributed by atoms with Crippen LogP contribution in [-0.2, 0) is 16.2 Å². The molecule has 0 aliphatic heterocycles. The Morgan fingerprint density at radius 2 is 1.40 bits per heavy atom. The summed E-state index contributed by atoms with van der Waals surface area (Å²) in [5.74, 6) is -0.936. The molecule has 11 nitrogen and oxygen atoms in total. The van der Waals surface area contributed by atoms with Gasteiger partial charge in [0.1, 0.15) is 0 Å². The molecule has 3 aromatic carbocycles. The summed E-state index contributed by atoms with van der Waals surface area (Å²) >= 11 is 0. The zero-order valence-electron chi connectivity index (χ0n) is 17.1. The molecule has 1 amide bonds. The molecule has 2 N–H and O–H groups in total. The van der Waals surface area contributed by atoms with Crippen molar-refractivity contribution in [1.82, 2.24) is 0 Å². The largest absolute Gasteiger partial charge is 0.416 e. The lowest BCUT2D eigenvalue weighted by Crippen LogP contribution is -2.15. The molecule has 0 bridgehead atoms. The van der Waals surface area contributed by atoms with Gasteiger partial charge in [-0.05, 0) is 42.5 Å². The zero-order chi connectivity index (χ0) is 26.0. The first-order valence-electron chi connectivity index (χ1n) is 9.31. The molecular formula is C20H13F3N4O7S. The number of nitro benzene ring substituents is 2. The summed E-state index contributed by atoms with van der Waals surface area (Å²) in [4.78, 5) is 32.2. The second-order valence-electron chi connectivity index (χ2n) is 6.91. The Morgan fingerprint density at radius 3 is 1.91 bits per heavy atom. The molecule has 0 aliphatic rings. The monoisotopic (exact) mass is 510 g/mol. The molecule has 0 saturated heterocycles. The summed E-state index contributed by atoms with van der Waals surface area (Å²) in [5, 5.41) is 24.3. The smallest absolute Gasteiger partial charge is 0.322 e. The maximum atomic E-state index is 12.8. The van der Waals surface area contributed by atoms with E-state index in [4.69, 9.17) is 0 Å². The van der Waals surface area contributed by atoms with Gasteiger partial charge in [-0.15, -0.1) is 0 Å². The van der Waals surface area contributed by atoms with E-state index < -0.39 is 48.9 Å². The third-order valence-corrected chi connectivity index (χ3v) is 5.85. The van der Waals surface area contributed by atoms with Crippen LogP contribution in [0.15, 0.2) is 71.6 Å². The third-order valence-electron chi connectivity index (χ3n) is 4.45. The van der Waals surface area contributed by atoms with Crippen LogP contribution >= 0.6 is 0 Å². The van der Waals surface area contributed by atoms with Gasteiger partial charge in [0.05, 0.1) is 31.9 Å². The Balaban J connectivity index is 1.79. The molecule has 0 atom stereocenters. The summed E-state index contributed by atoms with van der Waals surface area (Å²) in [5.41, 5.74) is -3.05. The van der Waals surface area contributed by atoms with Crippen molar-refractivity contribution in [3.05, 3.63) is 98.1 Å². The van der Waals surface area contributed by atoms with Crippen LogP contribution in [0.5, 0.6) is 0 Å². The molecule has 0 aliphatic carbocycles. The molecule has 0 spiro atoms. The number of halogens is 3. The Hall–Kier alpha value is -4.53. The predicted molar refractivity (Wildman–Crippen MR) is 116 cm³/mol. The average molecular weight is 510 g/mol. The Labute approximate surface area is 194 Å². The van der Waals surface area contributed by atoms with E-state index in [1.54, 1.807) is 0 Å². The normalized spacial score (nSPS) is 11.5. The van der Waals surface area contributed by atoms with Crippen molar-refractivity contribution in [3.8, 4) is 0 Å². The number of carbonyl (C=O) groups is 1. The molecule has 0 saturated carbocycles. The minimum absolute atomic E-state index is 0.0437. The summed E-state index contributed by atoms with van der Waals surface area (Å²) in [6, 6.07) is 10.4. The molecule has 0 radical (unpaired) electrons. The first-order valence-corrected chi connectivity index (χ1v) is 10.8. The quantitative estimate of drug-likeness (QED) is 0.347. The van der Waals surface area contributed by atoms with Crippen molar-refractivity contribution in [2.45, 2.75) is 11.1 Å². The second-order valence-corrected chi connectivity index (χ2v) is 8.60. The SMILES string of the molecule is O=C(Nc1ccc(S(=O)(=O)Nc2cccc(C(F)(F)F)c2)cc1)c1cc([N+](=O)[O-])cc([N+](=O)[O-])c1. The molecule has 0 heterocycles. The molecule has 3 rings (SSSR count). The highest BCUT2D eigenvalue weighted by molar-refractivity contribution is 7.92. The van der Waals surface area contributed by atoms with Crippen LogP contribution in [0.25, 0.3) is 0 Å². The fraction of sp³-hybridized carbons (Fsp3) is 0.0500. The van der Waals surface area contributed by atoms with Crippen LogP contribution < -0.4 is 10.0 Å². The van der Waals surface area contributed by atoms with E-state index in [-0.39, 0.29) is 21.8 Å². The first kappa shape index (κ1) is 25.1. The summed E-state index contributed by atoms with van der Waals surface area (Å²) in [7, 11) is -4.28. The van der Waals surface area contributed by atoms with Gasteiger partial charge in [-0.2, -0.15) is 13.2 Å². The van der Waals surface area contributed by atoms with Crippen molar-refractivity contribution < 1.29 is 36.2 Å². The first-order chi connectivity index (χ1) is 16.3. The molecule has 0 fully saturated rings. The molecule has 35 heavy (non-hydrogen) atoms. The number of hydrogen-bond acceptors (Lipinski definition) is 7. The molecule has 0 unspecified atom stereocenters. The molecule has 182 valence electrons. The van der Waals surface area contributed by atoms with Gasteiger partial charge in [0.2, 0.25) is 0 Å². The topological polar surface area (TPSA) is 162 Å². The highest BCUT2D eigenvalue weighted by atomic mass is 32.2. The maximum absolute atomic E-state index is 12.8. The van der Waals surface area contributed by atoms with Gasteiger partial charge >= 0.3 is 6.18 Å².